The van der Waals surface area contributed by atoms with Crippen LogP contribution in [0.3, 0.4) is 0 Å². The Balaban J connectivity index is 1.86. The number of amides is 1. The van der Waals surface area contributed by atoms with Crippen molar-refractivity contribution in [2.24, 2.45) is 5.10 Å². The number of nitro benzene ring substituents is 1. The van der Waals surface area contributed by atoms with E-state index in [4.69, 9.17) is 11.6 Å². The zero-order valence-electron chi connectivity index (χ0n) is 11.9. The van der Waals surface area contributed by atoms with E-state index in [-0.39, 0.29) is 11.7 Å². The molecule has 0 spiro atoms. The van der Waals surface area contributed by atoms with Gasteiger partial charge in [-0.3, -0.25) is 14.9 Å². The van der Waals surface area contributed by atoms with E-state index in [1.807, 2.05) is 12.1 Å². The first-order valence-electron chi connectivity index (χ1n) is 6.90. The van der Waals surface area contributed by atoms with Crippen molar-refractivity contribution in [1.29, 1.82) is 0 Å². The molecule has 0 radical (unpaired) electrons. The van der Waals surface area contributed by atoms with Gasteiger partial charge >= 0.3 is 0 Å². The minimum atomic E-state index is -0.450. The van der Waals surface area contributed by atoms with E-state index in [9.17, 15) is 14.9 Å². The molecule has 23 heavy (non-hydrogen) atoms. The van der Waals surface area contributed by atoms with E-state index in [1.54, 1.807) is 24.3 Å². The van der Waals surface area contributed by atoms with Crippen molar-refractivity contribution in [2.75, 3.05) is 0 Å². The maximum atomic E-state index is 11.3. The average molecular weight is 330 g/mol. The van der Waals surface area contributed by atoms with Crippen molar-refractivity contribution < 1.29 is 9.72 Å². The van der Waals surface area contributed by atoms with Gasteiger partial charge in [-0.25, -0.2) is 5.01 Å². The van der Waals surface area contributed by atoms with Crippen molar-refractivity contribution in [3.05, 3.63) is 74.8 Å². The van der Waals surface area contributed by atoms with E-state index in [0.717, 1.165) is 11.1 Å². The molecule has 2 aromatic carbocycles. The lowest BCUT2D eigenvalue weighted by molar-refractivity contribution is -0.384. The third kappa shape index (κ3) is 3.07. The highest BCUT2D eigenvalue weighted by Gasteiger charge is 2.28. The summed E-state index contributed by atoms with van der Waals surface area (Å²) in [7, 11) is 0. The molecule has 1 unspecified atom stereocenters. The highest BCUT2D eigenvalue weighted by Crippen LogP contribution is 2.32. The molecule has 1 aliphatic rings. The number of nitro groups is 1. The fraction of sp³-hybridized carbons (Fsp3) is 0.125. The van der Waals surface area contributed by atoms with E-state index in [2.05, 4.69) is 5.10 Å². The third-order valence-electron chi connectivity index (χ3n) is 3.72. The summed E-state index contributed by atoms with van der Waals surface area (Å²) >= 11 is 5.89. The Bertz CT molecular complexity index is 772. The highest BCUT2D eigenvalue weighted by molar-refractivity contribution is 6.30. The number of hydrazone groups is 1. The minimum absolute atomic E-state index is 0.0221. The molecule has 0 aromatic heterocycles. The molecule has 116 valence electrons. The van der Waals surface area contributed by atoms with Crippen molar-refractivity contribution in [3.8, 4) is 0 Å². The number of carbonyl (C=O) groups is 1. The molecular formula is C16H12ClN3O3. The summed E-state index contributed by atoms with van der Waals surface area (Å²) in [5.41, 5.74) is 2.43. The molecule has 7 heteroatoms. The zero-order valence-corrected chi connectivity index (χ0v) is 12.7. The van der Waals surface area contributed by atoms with Crippen LogP contribution >= 0.6 is 11.6 Å². The molecule has 3 rings (SSSR count). The highest BCUT2D eigenvalue weighted by atomic mass is 35.5. The lowest BCUT2D eigenvalue weighted by atomic mass is 9.98. The number of nitrogens with zero attached hydrogens (tertiary/aromatic N) is 3. The van der Waals surface area contributed by atoms with Crippen LogP contribution in [0.15, 0.2) is 53.6 Å². The van der Waals surface area contributed by atoms with E-state index < -0.39 is 4.92 Å². The normalized spacial score (nSPS) is 17.0. The smallest absolute Gasteiger partial charge is 0.269 e. The van der Waals surface area contributed by atoms with Gasteiger partial charge < -0.3 is 0 Å². The first kappa shape index (κ1) is 15.2. The predicted octanol–water partition coefficient (Wildman–Crippen LogP) is 3.56. The van der Waals surface area contributed by atoms with E-state index in [0.29, 0.717) is 23.6 Å². The third-order valence-corrected chi connectivity index (χ3v) is 3.97. The molecule has 0 fully saturated rings. The van der Waals surface area contributed by atoms with Gasteiger partial charge in [0.25, 0.3) is 5.69 Å². The Morgan fingerprint density at radius 1 is 1.17 bits per heavy atom. The molecule has 0 saturated carbocycles. The van der Waals surface area contributed by atoms with Gasteiger partial charge in [-0.05, 0) is 35.4 Å². The maximum absolute atomic E-state index is 11.3. The first-order chi connectivity index (χ1) is 11.1. The van der Waals surface area contributed by atoms with Gasteiger partial charge in [-0.15, -0.1) is 0 Å². The van der Waals surface area contributed by atoms with Crippen LogP contribution in [0.1, 0.15) is 23.6 Å². The zero-order chi connectivity index (χ0) is 16.4. The van der Waals surface area contributed by atoms with Crippen LogP contribution in [0.5, 0.6) is 0 Å². The molecule has 1 aliphatic heterocycles. The molecule has 0 bridgehead atoms. The number of carbonyl (C=O) groups excluding carboxylic acids is 1. The second-order valence-corrected chi connectivity index (χ2v) is 5.54. The SMILES string of the molecule is O=CN1N=C(c2ccc([N+](=O)[O-])cc2)CC1c1ccc(Cl)cc1. The summed E-state index contributed by atoms with van der Waals surface area (Å²) in [4.78, 5) is 21.5. The maximum Gasteiger partial charge on any atom is 0.269 e. The summed E-state index contributed by atoms with van der Waals surface area (Å²) in [5, 5.41) is 17.0. The minimum Gasteiger partial charge on any atom is -0.277 e. The molecule has 0 aliphatic carbocycles. The molecule has 0 N–H and O–H groups in total. The standard InChI is InChI=1S/C16H12ClN3O3/c17-13-5-1-12(2-6-13)16-9-15(18-19(16)10-21)11-3-7-14(8-4-11)20(22)23/h1-8,10,16H,9H2. The van der Waals surface area contributed by atoms with Gasteiger partial charge in [0.05, 0.1) is 16.7 Å². The van der Waals surface area contributed by atoms with Crippen molar-refractivity contribution in [1.82, 2.24) is 5.01 Å². The number of hydrogen-bond acceptors (Lipinski definition) is 4. The van der Waals surface area contributed by atoms with Gasteiger partial charge in [0, 0.05) is 23.6 Å². The van der Waals surface area contributed by atoms with Crippen molar-refractivity contribution in [3.63, 3.8) is 0 Å². The Morgan fingerprint density at radius 3 is 2.39 bits per heavy atom. The second-order valence-electron chi connectivity index (χ2n) is 5.11. The quantitative estimate of drug-likeness (QED) is 0.489. The Labute approximate surface area is 137 Å². The Kier molecular flexibility index (Phi) is 4.08. The first-order valence-corrected chi connectivity index (χ1v) is 7.27. The van der Waals surface area contributed by atoms with Crippen LogP contribution in [0.2, 0.25) is 5.02 Å². The summed E-state index contributed by atoms with van der Waals surface area (Å²) in [6, 6.07) is 13.2. The molecule has 2 aromatic rings. The van der Waals surface area contributed by atoms with Crippen LogP contribution in [-0.4, -0.2) is 22.1 Å². The fourth-order valence-corrected chi connectivity index (χ4v) is 2.66. The van der Waals surface area contributed by atoms with Crippen LogP contribution in [0.25, 0.3) is 0 Å². The molecule has 1 heterocycles. The fourth-order valence-electron chi connectivity index (χ4n) is 2.53. The van der Waals surface area contributed by atoms with Crippen molar-refractivity contribution in [2.45, 2.75) is 12.5 Å². The summed E-state index contributed by atoms with van der Waals surface area (Å²) in [5.74, 6) is 0. The predicted molar refractivity (Wildman–Crippen MR) is 86.3 cm³/mol. The summed E-state index contributed by atoms with van der Waals surface area (Å²) < 4.78 is 0. The van der Waals surface area contributed by atoms with Crippen LogP contribution in [0.4, 0.5) is 5.69 Å². The molecule has 6 nitrogen and oxygen atoms in total. The van der Waals surface area contributed by atoms with Gasteiger partial charge in [-0.1, -0.05) is 23.7 Å². The van der Waals surface area contributed by atoms with Gasteiger partial charge in [0.1, 0.15) is 0 Å². The largest absolute Gasteiger partial charge is 0.277 e. The van der Waals surface area contributed by atoms with Crippen LogP contribution in [0, 0.1) is 10.1 Å². The number of rotatable bonds is 4. The topological polar surface area (TPSA) is 75.8 Å². The number of non-ortho nitro benzene ring substituents is 1. The lowest BCUT2D eigenvalue weighted by Crippen LogP contribution is -2.17. The molecule has 0 saturated heterocycles. The molecule has 1 atom stereocenters. The van der Waals surface area contributed by atoms with Crippen LogP contribution < -0.4 is 0 Å². The average Bonchev–Trinajstić information content (AvgIpc) is 3.00. The Morgan fingerprint density at radius 2 is 1.83 bits per heavy atom. The lowest BCUT2D eigenvalue weighted by Gasteiger charge is -2.17. The van der Waals surface area contributed by atoms with E-state index >= 15 is 0 Å². The summed E-state index contributed by atoms with van der Waals surface area (Å²) in [6.07, 6.45) is 1.22. The molecular weight excluding hydrogens is 318 g/mol. The van der Waals surface area contributed by atoms with E-state index in [1.165, 1.54) is 17.1 Å². The van der Waals surface area contributed by atoms with Crippen molar-refractivity contribution >= 4 is 29.4 Å². The van der Waals surface area contributed by atoms with Gasteiger partial charge in [-0.2, -0.15) is 5.10 Å². The second kappa shape index (κ2) is 6.18. The van der Waals surface area contributed by atoms with Crippen LogP contribution in [-0.2, 0) is 4.79 Å². The van der Waals surface area contributed by atoms with Gasteiger partial charge in [0.15, 0.2) is 0 Å². The molecule has 1 amide bonds. The monoisotopic (exact) mass is 329 g/mol. The number of hydrogen-bond donors (Lipinski definition) is 0. The van der Waals surface area contributed by atoms with Gasteiger partial charge in [0.2, 0.25) is 6.41 Å². The number of benzene rings is 2. The Hall–Kier alpha value is -2.73. The summed E-state index contributed by atoms with van der Waals surface area (Å²) in [6.45, 7) is 0. The number of halogens is 1.